The van der Waals surface area contributed by atoms with E-state index >= 15 is 0 Å². The number of hydrogen-bond acceptors (Lipinski definition) is 6. The summed E-state index contributed by atoms with van der Waals surface area (Å²) < 4.78 is 10.3. The third kappa shape index (κ3) is 3.50. The van der Waals surface area contributed by atoms with Crippen molar-refractivity contribution in [2.75, 3.05) is 31.7 Å². The van der Waals surface area contributed by atoms with Gasteiger partial charge in [-0.3, -0.25) is 4.79 Å². The van der Waals surface area contributed by atoms with Crippen LogP contribution in [0, 0.1) is 12.3 Å². The van der Waals surface area contributed by atoms with Crippen LogP contribution in [0.25, 0.3) is 0 Å². The highest BCUT2D eigenvalue weighted by atomic mass is 16.5. The SMILES string of the molecule is CCOC(=O)C1(C)CCN(c2cc(C)nc(COC)n2)C1. The first-order valence-electron chi connectivity index (χ1n) is 7.24. The molecule has 0 amide bonds. The average molecular weight is 293 g/mol. The molecule has 0 spiro atoms. The Labute approximate surface area is 125 Å². The smallest absolute Gasteiger partial charge is 0.313 e. The number of carbonyl (C=O) groups is 1. The maximum absolute atomic E-state index is 12.1. The van der Waals surface area contributed by atoms with Gasteiger partial charge in [0.15, 0.2) is 5.82 Å². The topological polar surface area (TPSA) is 64.5 Å². The molecular weight excluding hydrogens is 270 g/mol. The fourth-order valence-corrected chi connectivity index (χ4v) is 2.60. The van der Waals surface area contributed by atoms with Gasteiger partial charge in [-0.1, -0.05) is 0 Å². The second kappa shape index (κ2) is 6.39. The summed E-state index contributed by atoms with van der Waals surface area (Å²) in [7, 11) is 1.62. The van der Waals surface area contributed by atoms with E-state index in [-0.39, 0.29) is 5.97 Å². The van der Waals surface area contributed by atoms with Gasteiger partial charge in [0.25, 0.3) is 0 Å². The Kier molecular flexibility index (Phi) is 4.77. The molecule has 1 aliphatic heterocycles. The molecule has 0 aromatic carbocycles. The molecule has 0 saturated carbocycles. The molecule has 2 rings (SSSR count). The van der Waals surface area contributed by atoms with Crippen LogP contribution in [0.15, 0.2) is 6.07 Å². The molecule has 1 saturated heterocycles. The average Bonchev–Trinajstić information content (AvgIpc) is 2.83. The van der Waals surface area contributed by atoms with E-state index in [0.29, 0.717) is 25.6 Å². The van der Waals surface area contributed by atoms with E-state index in [1.807, 2.05) is 26.8 Å². The molecule has 1 fully saturated rings. The van der Waals surface area contributed by atoms with Gasteiger partial charge >= 0.3 is 5.97 Å². The number of nitrogens with zero attached hydrogens (tertiary/aromatic N) is 3. The van der Waals surface area contributed by atoms with Crippen molar-refractivity contribution in [2.45, 2.75) is 33.8 Å². The molecule has 6 nitrogen and oxygen atoms in total. The molecule has 0 aliphatic carbocycles. The Morgan fingerprint density at radius 3 is 2.90 bits per heavy atom. The first-order chi connectivity index (χ1) is 9.98. The van der Waals surface area contributed by atoms with Crippen molar-refractivity contribution in [3.05, 3.63) is 17.6 Å². The molecule has 6 heteroatoms. The lowest BCUT2D eigenvalue weighted by Crippen LogP contribution is -2.34. The van der Waals surface area contributed by atoms with E-state index < -0.39 is 5.41 Å². The van der Waals surface area contributed by atoms with Crippen LogP contribution in [0.2, 0.25) is 0 Å². The normalized spacial score (nSPS) is 21.6. The summed E-state index contributed by atoms with van der Waals surface area (Å²) in [5, 5.41) is 0. The molecule has 2 heterocycles. The third-order valence-electron chi connectivity index (χ3n) is 3.73. The van der Waals surface area contributed by atoms with E-state index in [2.05, 4.69) is 14.9 Å². The van der Waals surface area contributed by atoms with Gasteiger partial charge in [0.05, 0.1) is 12.0 Å². The minimum Gasteiger partial charge on any atom is -0.466 e. The van der Waals surface area contributed by atoms with Crippen LogP contribution in [0.3, 0.4) is 0 Å². The molecule has 0 radical (unpaired) electrons. The fraction of sp³-hybridized carbons (Fsp3) is 0.667. The van der Waals surface area contributed by atoms with Crippen molar-refractivity contribution >= 4 is 11.8 Å². The largest absolute Gasteiger partial charge is 0.466 e. The number of ether oxygens (including phenoxy) is 2. The number of hydrogen-bond donors (Lipinski definition) is 0. The molecular formula is C15H23N3O3. The minimum absolute atomic E-state index is 0.129. The first kappa shape index (κ1) is 15.7. The number of carbonyl (C=O) groups excluding carboxylic acids is 1. The number of methoxy groups -OCH3 is 1. The second-order valence-electron chi connectivity index (χ2n) is 5.67. The van der Waals surface area contributed by atoms with Gasteiger partial charge in [-0.2, -0.15) is 0 Å². The van der Waals surface area contributed by atoms with Gasteiger partial charge in [0.1, 0.15) is 12.4 Å². The van der Waals surface area contributed by atoms with E-state index in [9.17, 15) is 4.79 Å². The van der Waals surface area contributed by atoms with Crippen LogP contribution >= 0.6 is 0 Å². The summed E-state index contributed by atoms with van der Waals surface area (Å²) in [6.45, 7) is 7.93. The standard InChI is InChI=1S/C15H23N3O3/c1-5-21-14(19)15(3)6-7-18(10-15)13-8-11(2)16-12(17-13)9-20-4/h8H,5-7,9-10H2,1-4H3. The molecule has 0 bridgehead atoms. The Morgan fingerprint density at radius 2 is 2.24 bits per heavy atom. The summed E-state index contributed by atoms with van der Waals surface area (Å²) in [4.78, 5) is 23.0. The highest BCUT2D eigenvalue weighted by Gasteiger charge is 2.42. The molecule has 1 atom stereocenters. The van der Waals surface area contributed by atoms with Crippen molar-refractivity contribution < 1.29 is 14.3 Å². The van der Waals surface area contributed by atoms with Crippen LogP contribution in [0.1, 0.15) is 31.8 Å². The van der Waals surface area contributed by atoms with Crippen LogP contribution in [-0.2, 0) is 20.9 Å². The van der Waals surface area contributed by atoms with Crippen molar-refractivity contribution in [3.8, 4) is 0 Å². The molecule has 0 N–H and O–H groups in total. The molecule has 1 aromatic rings. The zero-order valence-electron chi connectivity index (χ0n) is 13.2. The maximum Gasteiger partial charge on any atom is 0.313 e. The Hall–Kier alpha value is -1.69. The van der Waals surface area contributed by atoms with E-state index in [1.165, 1.54) is 0 Å². The Balaban J connectivity index is 2.15. The van der Waals surface area contributed by atoms with Crippen LogP contribution < -0.4 is 4.90 Å². The number of esters is 1. The Bertz CT molecular complexity index is 521. The molecule has 1 aromatic heterocycles. The van der Waals surface area contributed by atoms with Gasteiger partial charge in [0.2, 0.25) is 0 Å². The molecule has 21 heavy (non-hydrogen) atoms. The van der Waals surface area contributed by atoms with Crippen molar-refractivity contribution in [1.29, 1.82) is 0 Å². The highest BCUT2D eigenvalue weighted by Crippen LogP contribution is 2.33. The molecule has 116 valence electrons. The lowest BCUT2D eigenvalue weighted by molar-refractivity contribution is -0.153. The summed E-state index contributed by atoms with van der Waals surface area (Å²) in [6, 6.07) is 1.94. The van der Waals surface area contributed by atoms with Gasteiger partial charge in [0, 0.05) is 32.0 Å². The highest BCUT2D eigenvalue weighted by molar-refractivity contribution is 5.78. The minimum atomic E-state index is -0.462. The zero-order valence-corrected chi connectivity index (χ0v) is 13.2. The van der Waals surface area contributed by atoms with E-state index in [4.69, 9.17) is 9.47 Å². The molecule has 1 unspecified atom stereocenters. The summed E-state index contributed by atoms with van der Waals surface area (Å²) in [5.41, 5.74) is 0.438. The lowest BCUT2D eigenvalue weighted by Gasteiger charge is -2.23. The molecule has 1 aliphatic rings. The van der Waals surface area contributed by atoms with E-state index in [1.54, 1.807) is 7.11 Å². The van der Waals surface area contributed by atoms with Crippen LogP contribution in [0.4, 0.5) is 5.82 Å². The number of aromatic nitrogens is 2. The second-order valence-corrected chi connectivity index (χ2v) is 5.67. The van der Waals surface area contributed by atoms with Crippen LogP contribution in [0.5, 0.6) is 0 Å². The van der Waals surface area contributed by atoms with Gasteiger partial charge in [-0.15, -0.1) is 0 Å². The summed E-state index contributed by atoms with van der Waals surface area (Å²) in [5.74, 6) is 1.38. The fourth-order valence-electron chi connectivity index (χ4n) is 2.60. The Morgan fingerprint density at radius 1 is 1.48 bits per heavy atom. The van der Waals surface area contributed by atoms with Crippen molar-refractivity contribution in [3.63, 3.8) is 0 Å². The predicted octanol–water partition coefficient (Wildman–Crippen LogP) is 1.71. The first-order valence-corrected chi connectivity index (χ1v) is 7.24. The number of aryl methyl sites for hydroxylation is 1. The monoisotopic (exact) mass is 293 g/mol. The van der Waals surface area contributed by atoms with Crippen molar-refractivity contribution in [1.82, 2.24) is 9.97 Å². The quantitative estimate of drug-likeness (QED) is 0.770. The van der Waals surface area contributed by atoms with Crippen molar-refractivity contribution in [2.24, 2.45) is 5.41 Å². The van der Waals surface area contributed by atoms with Gasteiger partial charge in [-0.05, 0) is 27.2 Å². The van der Waals surface area contributed by atoms with Gasteiger partial charge in [-0.25, -0.2) is 9.97 Å². The van der Waals surface area contributed by atoms with E-state index in [0.717, 1.165) is 24.5 Å². The van der Waals surface area contributed by atoms with Crippen LogP contribution in [-0.4, -0.2) is 42.7 Å². The lowest BCUT2D eigenvalue weighted by atomic mass is 9.90. The third-order valence-corrected chi connectivity index (χ3v) is 3.73. The zero-order chi connectivity index (χ0) is 15.5. The predicted molar refractivity (Wildman–Crippen MR) is 79.1 cm³/mol. The number of rotatable bonds is 5. The summed E-state index contributed by atoms with van der Waals surface area (Å²) >= 11 is 0. The van der Waals surface area contributed by atoms with Gasteiger partial charge < -0.3 is 14.4 Å². The number of anilines is 1. The maximum atomic E-state index is 12.1. The summed E-state index contributed by atoms with van der Waals surface area (Å²) in [6.07, 6.45) is 0.772.